The van der Waals surface area contributed by atoms with Gasteiger partial charge in [0.25, 0.3) is 5.91 Å². The molecule has 0 bridgehead atoms. The molecule has 4 heterocycles. The molecule has 0 saturated carbocycles. The second-order valence-corrected chi connectivity index (χ2v) is 8.10. The van der Waals surface area contributed by atoms with Gasteiger partial charge >= 0.3 is 0 Å². The minimum atomic E-state index is -0.0555. The Bertz CT molecular complexity index is 1120. The van der Waals surface area contributed by atoms with Crippen LogP contribution in [-0.2, 0) is 11.3 Å². The molecule has 2 aliphatic rings. The molecule has 1 saturated heterocycles. The number of carbonyl (C=O) groups is 1. The van der Waals surface area contributed by atoms with Crippen LogP contribution in [0.5, 0.6) is 5.75 Å². The number of imidazole rings is 1. The highest BCUT2D eigenvalue weighted by atomic mass is 16.5. The molecule has 0 spiro atoms. The van der Waals surface area contributed by atoms with Crippen molar-refractivity contribution in [3.8, 4) is 17.0 Å². The molecule has 0 radical (unpaired) electrons. The number of rotatable bonds is 3. The summed E-state index contributed by atoms with van der Waals surface area (Å²) in [5, 5.41) is 0. The van der Waals surface area contributed by atoms with Crippen molar-refractivity contribution >= 4 is 22.9 Å². The van der Waals surface area contributed by atoms with Crippen molar-refractivity contribution in [2.75, 3.05) is 57.5 Å². The van der Waals surface area contributed by atoms with E-state index in [4.69, 9.17) is 15.5 Å². The molecule has 2 aliphatic heterocycles. The van der Waals surface area contributed by atoms with E-state index >= 15 is 0 Å². The lowest BCUT2D eigenvalue weighted by Gasteiger charge is -2.32. The summed E-state index contributed by atoms with van der Waals surface area (Å²) in [6.07, 6.45) is 1.94. The maximum Gasteiger partial charge on any atom is 0.264 e. The van der Waals surface area contributed by atoms with Crippen molar-refractivity contribution in [2.45, 2.75) is 6.54 Å². The summed E-state index contributed by atoms with van der Waals surface area (Å²) in [5.74, 6) is 0.662. The Hall–Kier alpha value is -3.10. The van der Waals surface area contributed by atoms with Crippen LogP contribution in [0.3, 0.4) is 0 Å². The number of pyridine rings is 1. The third-order valence-corrected chi connectivity index (χ3v) is 6.03. The number of anilines is 2. The number of nitrogens with zero attached hydrogens (tertiary/aromatic N) is 5. The van der Waals surface area contributed by atoms with Crippen molar-refractivity contribution < 1.29 is 9.53 Å². The Morgan fingerprint density at radius 3 is 2.70 bits per heavy atom. The first kappa shape index (κ1) is 18.9. The summed E-state index contributed by atoms with van der Waals surface area (Å²) in [4.78, 5) is 23.5. The third-order valence-electron chi connectivity index (χ3n) is 6.03. The molecule has 30 heavy (non-hydrogen) atoms. The van der Waals surface area contributed by atoms with Gasteiger partial charge in [0.15, 0.2) is 6.61 Å². The quantitative estimate of drug-likeness (QED) is 0.713. The smallest absolute Gasteiger partial charge is 0.264 e. The summed E-state index contributed by atoms with van der Waals surface area (Å²) >= 11 is 0. The molecule has 1 aromatic carbocycles. The fourth-order valence-corrected chi connectivity index (χ4v) is 4.13. The van der Waals surface area contributed by atoms with E-state index in [2.05, 4.69) is 21.2 Å². The molecule has 156 valence electrons. The van der Waals surface area contributed by atoms with Crippen LogP contribution < -0.4 is 15.4 Å². The maximum absolute atomic E-state index is 12.1. The summed E-state index contributed by atoms with van der Waals surface area (Å²) in [7, 11) is 3.94. The molecule has 8 heteroatoms. The molecule has 2 N–H and O–H groups in total. The predicted molar refractivity (Wildman–Crippen MR) is 117 cm³/mol. The zero-order valence-corrected chi connectivity index (χ0v) is 17.3. The second-order valence-electron chi connectivity index (χ2n) is 8.10. The van der Waals surface area contributed by atoms with Gasteiger partial charge in [-0.05, 0) is 37.4 Å². The number of carbonyl (C=O) groups excluding carboxylic acids is 1. The third kappa shape index (κ3) is 3.28. The highest BCUT2D eigenvalue weighted by molar-refractivity contribution is 5.98. The van der Waals surface area contributed by atoms with Gasteiger partial charge in [-0.1, -0.05) is 0 Å². The standard InChI is InChI=1S/C22H26N6O2/c1-25-7-9-27(10-8-25)13-18-22(24-20-6-4-16(23)12-28(18)20)15-3-5-19-17(11-15)26(2)21(29)14-30-19/h3-6,11-12H,7-10,13-14,23H2,1-2H3. The number of ether oxygens (including phenoxy) is 1. The van der Waals surface area contributed by atoms with E-state index in [1.807, 2.05) is 36.5 Å². The SMILES string of the molecule is CN1CCN(Cc2c(-c3ccc4c(c3)N(C)C(=O)CO4)nc3ccc(N)cn23)CC1. The van der Waals surface area contributed by atoms with Crippen molar-refractivity contribution in [1.29, 1.82) is 0 Å². The van der Waals surface area contributed by atoms with Crippen LogP contribution in [0.25, 0.3) is 16.9 Å². The number of piperazine rings is 1. The molecule has 1 amide bonds. The van der Waals surface area contributed by atoms with Crippen molar-refractivity contribution in [3.05, 3.63) is 42.2 Å². The van der Waals surface area contributed by atoms with Gasteiger partial charge in [0.05, 0.1) is 17.1 Å². The Morgan fingerprint density at radius 2 is 1.90 bits per heavy atom. The number of fused-ring (bicyclic) bond motifs is 2. The largest absolute Gasteiger partial charge is 0.482 e. The van der Waals surface area contributed by atoms with E-state index in [1.54, 1.807) is 11.9 Å². The van der Waals surface area contributed by atoms with Crippen molar-refractivity contribution in [3.63, 3.8) is 0 Å². The van der Waals surface area contributed by atoms with Gasteiger partial charge in [0.2, 0.25) is 0 Å². The summed E-state index contributed by atoms with van der Waals surface area (Å²) in [5.41, 5.74) is 11.4. The van der Waals surface area contributed by atoms with Crippen molar-refractivity contribution in [1.82, 2.24) is 19.2 Å². The van der Waals surface area contributed by atoms with Crippen LogP contribution in [0.4, 0.5) is 11.4 Å². The number of hydrogen-bond acceptors (Lipinski definition) is 6. The van der Waals surface area contributed by atoms with E-state index in [-0.39, 0.29) is 12.5 Å². The highest BCUT2D eigenvalue weighted by Gasteiger charge is 2.25. The molecule has 1 fully saturated rings. The van der Waals surface area contributed by atoms with Gasteiger partial charge in [-0.2, -0.15) is 0 Å². The molecule has 3 aromatic rings. The Balaban J connectivity index is 1.59. The number of aromatic nitrogens is 2. The second kappa shape index (κ2) is 7.30. The Labute approximate surface area is 175 Å². The first-order valence-corrected chi connectivity index (χ1v) is 10.2. The predicted octanol–water partition coefficient (Wildman–Crippen LogP) is 1.69. The zero-order valence-electron chi connectivity index (χ0n) is 17.3. The number of nitrogen functional groups attached to an aromatic ring is 1. The van der Waals surface area contributed by atoms with Crippen LogP contribution in [0.15, 0.2) is 36.5 Å². The lowest BCUT2D eigenvalue weighted by molar-refractivity contribution is -0.120. The normalized spacial score (nSPS) is 17.9. The van der Waals surface area contributed by atoms with Crippen LogP contribution in [0.2, 0.25) is 0 Å². The maximum atomic E-state index is 12.1. The van der Waals surface area contributed by atoms with E-state index in [9.17, 15) is 4.79 Å². The fourth-order valence-electron chi connectivity index (χ4n) is 4.13. The minimum Gasteiger partial charge on any atom is -0.482 e. The summed E-state index contributed by atoms with van der Waals surface area (Å²) in [6.45, 7) is 5.00. The van der Waals surface area contributed by atoms with Crippen LogP contribution in [-0.4, -0.2) is 72.0 Å². The highest BCUT2D eigenvalue weighted by Crippen LogP contribution is 2.36. The fraction of sp³-hybridized carbons (Fsp3) is 0.364. The number of likely N-dealkylation sites (N-methyl/N-ethyl adjacent to an activating group) is 2. The number of hydrogen-bond donors (Lipinski definition) is 1. The van der Waals surface area contributed by atoms with Gasteiger partial charge in [0, 0.05) is 57.2 Å². The van der Waals surface area contributed by atoms with Crippen LogP contribution in [0, 0.1) is 0 Å². The van der Waals surface area contributed by atoms with E-state index in [0.29, 0.717) is 5.69 Å². The number of nitrogens with two attached hydrogens (primary N) is 1. The first-order valence-electron chi connectivity index (χ1n) is 10.2. The molecule has 5 rings (SSSR count). The van der Waals surface area contributed by atoms with E-state index < -0.39 is 0 Å². The lowest BCUT2D eigenvalue weighted by atomic mass is 10.1. The molecule has 0 atom stereocenters. The van der Waals surface area contributed by atoms with Gasteiger partial charge in [-0.3, -0.25) is 9.69 Å². The zero-order chi connectivity index (χ0) is 20.8. The molecule has 2 aromatic heterocycles. The van der Waals surface area contributed by atoms with Crippen molar-refractivity contribution in [2.24, 2.45) is 0 Å². The van der Waals surface area contributed by atoms with Crippen LogP contribution >= 0.6 is 0 Å². The first-order chi connectivity index (χ1) is 14.5. The topological polar surface area (TPSA) is 79.3 Å². The molecular formula is C22H26N6O2. The Kier molecular flexibility index (Phi) is 4.60. The van der Waals surface area contributed by atoms with Gasteiger partial charge < -0.3 is 24.7 Å². The van der Waals surface area contributed by atoms with E-state index in [0.717, 1.165) is 66.8 Å². The average Bonchev–Trinajstić information content (AvgIpc) is 3.10. The van der Waals surface area contributed by atoms with Gasteiger partial charge in [0.1, 0.15) is 11.4 Å². The molecule has 0 unspecified atom stereocenters. The van der Waals surface area contributed by atoms with Gasteiger partial charge in [-0.25, -0.2) is 4.98 Å². The summed E-state index contributed by atoms with van der Waals surface area (Å²) < 4.78 is 7.68. The lowest BCUT2D eigenvalue weighted by Crippen LogP contribution is -2.44. The van der Waals surface area contributed by atoms with E-state index in [1.165, 1.54) is 0 Å². The summed E-state index contributed by atoms with van der Waals surface area (Å²) in [6, 6.07) is 9.75. The number of benzene rings is 1. The molecule has 0 aliphatic carbocycles. The molecular weight excluding hydrogens is 380 g/mol. The molecule has 8 nitrogen and oxygen atoms in total. The minimum absolute atomic E-state index is 0.0555. The Morgan fingerprint density at radius 1 is 1.10 bits per heavy atom. The van der Waals surface area contributed by atoms with Gasteiger partial charge in [-0.15, -0.1) is 0 Å². The monoisotopic (exact) mass is 406 g/mol. The van der Waals surface area contributed by atoms with Crippen LogP contribution in [0.1, 0.15) is 5.69 Å². The average molecular weight is 406 g/mol. The number of amides is 1.